The molecule has 2 spiro atoms. The molecule has 2 saturated heterocycles. The van der Waals surface area contributed by atoms with Gasteiger partial charge in [-0.15, -0.1) is 0 Å². The highest BCUT2D eigenvalue weighted by Crippen LogP contribution is 2.72. The van der Waals surface area contributed by atoms with Crippen LogP contribution in [0, 0.1) is 10.8 Å². The van der Waals surface area contributed by atoms with Crippen molar-refractivity contribution >= 4 is 17.9 Å². The molecule has 1 saturated carbocycles. The van der Waals surface area contributed by atoms with E-state index >= 15 is 0 Å². The van der Waals surface area contributed by atoms with Crippen LogP contribution in [0.4, 0.5) is 0 Å². The summed E-state index contributed by atoms with van der Waals surface area (Å²) >= 11 is 0. The van der Waals surface area contributed by atoms with Crippen LogP contribution in [-0.2, 0) is 38.1 Å². The van der Waals surface area contributed by atoms with E-state index in [1.807, 2.05) is 19.9 Å². The molecular formula is C27H32O9. The fraction of sp³-hybridized carbons (Fsp3) is 0.593. The van der Waals surface area contributed by atoms with Gasteiger partial charge in [0.15, 0.2) is 0 Å². The van der Waals surface area contributed by atoms with Crippen LogP contribution < -0.4 is 0 Å². The van der Waals surface area contributed by atoms with Gasteiger partial charge in [-0.25, -0.2) is 14.4 Å². The minimum absolute atomic E-state index is 0.0446. The highest BCUT2D eigenvalue weighted by atomic mass is 16.6. The van der Waals surface area contributed by atoms with E-state index in [-0.39, 0.29) is 25.7 Å². The first-order valence-electron chi connectivity index (χ1n) is 12.3. The maximum absolute atomic E-state index is 12.8. The minimum atomic E-state index is -0.887. The number of cyclic esters (lactones) is 2. The molecule has 194 valence electrons. The number of allylic oxidation sites excluding steroid dienone is 2. The third-order valence-corrected chi connectivity index (χ3v) is 8.73. The number of carbonyl (C=O) groups excluding carboxylic acids is 3. The van der Waals surface area contributed by atoms with Crippen molar-refractivity contribution in [3.8, 4) is 0 Å². The molecule has 2 aliphatic carbocycles. The Hall–Kier alpha value is -2.75. The molecule has 0 aromatic carbocycles. The van der Waals surface area contributed by atoms with E-state index in [0.717, 1.165) is 5.57 Å². The zero-order chi connectivity index (χ0) is 25.7. The van der Waals surface area contributed by atoms with Crippen molar-refractivity contribution in [3.63, 3.8) is 0 Å². The topological polar surface area (TPSA) is 121 Å². The van der Waals surface area contributed by atoms with Gasteiger partial charge >= 0.3 is 17.9 Å². The number of aliphatic hydroxyl groups excluding tert-OH is 1. The predicted molar refractivity (Wildman–Crippen MR) is 125 cm³/mol. The molecule has 9 heteroatoms. The number of carbonyl (C=O) groups is 3. The van der Waals surface area contributed by atoms with E-state index in [4.69, 9.17) is 23.7 Å². The summed E-state index contributed by atoms with van der Waals surface area (Å²) in [6.07, 6.45) is 7.53. The lowest BCUT2D eigenvalue weighted by Crippen LogP contribution is -2.68. The second-order valence-electron chi connectivity index (χ2n) is 10.6. The first kappa shape index (κ1) is 24.9. The molecule has 5 aliphatic rings. The zero-order valence-corrected chi connectivity index (χ0v) is 20.7. The van der Waals surface area contributed by atoms with E-state index in [1.54, 1.807) is 6.92 Å². The van der Waals surface area contributed by atoms with Crippen molar-refractivity contribution in [3.05, 3.63) is 47.6 Å². The van der Waals surface area contributed by atoms with Crippen LogP contribution in [0.5, 0.6) is 0 Å². The number of epoxide rings is 1. The van der Waals surface area contributed by atoms with Crippen LogP contribution in [0.2, 0.25) is 0 Å². The third kappa shape index (κ3) is 3.84. The van der Waals surface area contributed by atoms with Gasteiger partial charge in [0.1, 0.15) is 18.3 Å². The van der Waals surface area contributed by atoms with Crippen molar-refractivity contribution in [2.24, 2.45) is 10.8 Å². The van der Waals surface area contributed by atoms with Crippen LogP contribution >= 0.6 is 0 Å². The Bertz CT molecular complexity index is 1080. The van der Waals surface area contributed by atoms with E-state index in [1.165, 1.54) is 30.4 Å². The SMILES string of the molecule is CC1=CC2OC3CC4OC(=O)/C=C/C=C/C(=O)OCC/C(C)=C/C(=O)OCC2(CC1O)C4(C)C31CO1. The van der Waals surface area contributed by atoms with Crippen molar-refractivity contribution < 1.29 is 43.2 Å². The van der Waals surface area contributed by atoms with Gasteiger partial charge in [-0.3, -0.25) is 0 Å². The minimum Gasteiger partial charge on any atom is -0.462 e. The fourth-order valence-electron chi connectivity index (χ4n) is 6.46. The summed E-state index contributed by atoms with van der Waals surface area (Å²) in [6.45, 7) is 6.10. The van der Waals surface area contributed by atoms with E-state index in [9.17, 15) is 19.5 Å². The van der Waals surface area contributed by atoms with E-state index < -0.39 is 52.7 Å². The van der Waals surface area contributed by atoms with Crippen LogP contribution in [0.1, 0.15) is 40.0 Å². The molecule has 0 amide bonds. The first-order valence-corrected chi connectivity index (χ1v) is 12.3. The predicted octanol–water partition coefficient (Wildman–Crippen LogP) is 2.09. The molecule has 0 radical (unpaired) electrons. The summed E-state index contributed by atoms with van der Waals surface area (Å²) in [7, 11) is 0. The fourth-order valence-corrected chi connectivity index (χ4v) is 6.46. The molecule has 7 unspecified atom stereocenters. The Morgan fingerprint density at radius 3 is 2.42 bits per heavy atom. The van der Waals surface area contributed by atoms with Gasteiger partial charge < -0.3 is 28.8 Å². The van der Waals surface area contributed by atoms with Crippen LogP contribution in [0.15, 0.2) is 47.6 Å². The van der Waals surface area contributed by atoms with Gasteiger partial charge in [0, 0.05) is 36.5 Å². The molecule has 0 aromatic heterocycles. The summed E-state index contributed by atoms with van der Waals surface area (Å²) in [5.41, 5.74) is -0.880. The van der Waals surface area contributed by atoms with Gasteiger partial charge in [-0.05, 0) is 25.8 Å². The van der Waals surface area contributed by atoms with E-state index in [0.29, 0.717) is 25.0 Å². The molecule has 2 bridgehead atoms. The summed E-state index contributed by atoms with van der Waals surface area (Å²) in [5, 5.41) is 10.9. The lowest BCUT2D eigenvalue weighted by atomic mass is 9.51. The number of rotatable bonds is 0. The lowest BCUT2D eigenvalue weighted by molar-refractivity contribution is -0.238. The molecular weight excluding hydrogens is 468 g/mol. The number of hydrogen-bond donors (Lipinski definition) is 1. The summed E-state index contributed by atoms with van der Waals surface area (Å²) < 4.78 is 29.5. The largest absolute Gasteiger partial charge is 0.462 e. The lowest BCUT2D eigenvalue weighted by Gasteiger charge is -2.58. The Morgan fingerprint density at radius 2 is 1.69 bits per heavy atom. The molecule has 36 heavy (non-hydrogen) atoms. The maximum Gasteiger partial charge on any atom is 0.331 e. The maximum atomic E-state index is 12.8. The molecule has 3 aliphatic heterocycles. The Balaban J connectivity index is 1.55. The normalized spacial score (nSPS) is 46.1. The average Bonchev–Trinajstić information content (AvgIpc) is 3.59. The first-order chi connectivity index (χ1) is 17.1. The number of hydrogen-bond acceptors (Lipinski definition) is 9. The zero-order valence-electron chi connectivity index (χ0n) is 20.7. The Labute approximate surface area is 209 Å². The van der Waals surface area contributed by atoms with Crippen LogP contribution in [0.3, 0.4) is 0 Å². The Morgan fingerprint density at radius 1 is 0.972 bits per heavy atom. The van der Waals surface area contributed by atoms with Crippen LogP contribution in [-0.4, -0.2) is 72.9 Å². The van der Waals surface area contributed by atoms with Gasteiger partial charge in [-0.1, -0.05) is 30.7 Å². The Kier molecular flexibility index (Phi) is 6.21. The molecule has 3 heterocycles. The molecule has 0 aromatic rings. The second-order valence-corrected chi connectivity index (χ2v) is 10.6. The average molecular weight is 501 g/mol. The van der Waals surface area contributed by atoms with Crippen molar-refractivity contribution in [2.75, 3.05) is 19.8 Å². The molecule has 5 rings (SSSR count). The second kappa shape index (κ2) is 8.97. The standard InChI is InChI=1S/C27H32O9/c1-16-8-9-32-22(29)6-4-5-7-23(30)36-19-12-21-27(15-34-27)25(19,3)26(14-33-24(31)10-16)13-18(28)17(2)11-20(26)35-21/h4-7,10-11,18-21,28H,8-9,12-15H2,1-3H3/b6-4+,7-5+,16-10+. The molecule has 3 fully saturated rings. The summed E-state index contributed by atoms with van der Waals surface area (Å²) in [5.74, 6) is -1.67. The highest BCUT2D eigenvalue weighted by Gasteiger charge is 2.83. The quantitative estimate of drug-likeness (QED) is 0.231. The van der Waals surface area contributed by atoms with Gasteiger partial charge in [0.05, 0.1) is 36.9 Å². The number of aliphatic hydroxyl groups is 1. The van der Waals surface area contributed by atoms with Crippen molar-refractivity contribution in [1.82, 2.24) is 0 Å². The summed E-state index contributed by atoms with van der Waals surface area (Å²) in [6, 6.07) is 0. The number of ether oxygens (including phenoxy) is 5. The van der Waals surface area contributed by atoms with Crippen molar-refractivity contribution in [1.29, 1.82) is 0 Å². The third-order valence-electron chi connectivity index (χ3n) is 8.73. The van der Waals surface area contributed by atoms with Gasteiger partial charge in [0.2, 0.25) is 0 Å². The van der Waals surface area contributed by atoms with Gasteiger partial charge in [-0.2, -0.15) is 0 Å². The molecule has 1 N–H and O–H groups in total. The smallest absolute Gasteiger partial charge is 0.331 e. The molecule has 7 atom stereocenters. The van der Waals surface area contributed by atoms with Crippen LogP contribution in [0.25, 0.3) is 0 Å². The summed E-state index contributed by atoms with van der Waals surface area (Å²) in [4.78, 5) is 37.4. The number of esters is 3. The van der Waals surface area contributed by atoms with Crippen molar-refractivity contribution in [2.45, 2.75) is 70.1 Å². The highest BCUT2D eigenvalue weighted by molar-refractivity contribution is 5.85. The molecule has 9 nitrogen and oxygen atoms in total. The van der Waals surface area contributed by atoms with E-state index in [2.05, 4.69) is 0 Å². The van der Waals surface area contributed by atoms with Gasteiger partial charge in [0.25, 0.3) is 0 Å². The monoisotopic (exact) mass is 500 g/mol.